The van der Waals surface area contributed by atoms with Gasteiger partial charge in [0.1, 0.15) is 0 Å². The fraction of sp³-hybridized carbons (Fsp3) is 0.364. The molecule has 3 nitrogen and oxygen atoms in total. The maximum absolute atomic E-state index is 9.88. The molecule has 0 fully saturated rings. The first-order valence-corrected chi connectivity index (χ1v) is 8.76. The Morgan fingerprint density at radius 2 is 1.56 bits per heavy atom. The highest BCUT2D eigenvalue weighted by Crippen LogP contribution is 2.33. The van der Waals surface area contributed by atoms with Crippen LogP contribution in [0.1, 0.15) is 36.8 Å². The summed E-state index contributed by atoms with van der Waals surface area (Å²) in [4.78, 5) is 2.28. The second-order valence-electron chi connectivity index (χ2n) is 6.54. The molecule has 3 heteroatoms. The van der Waals surface area contributed by atoms with Gasteiger partial charge in [-0.25, -0.2) is 0 Å². The van der Waals surface area contributed by atoms with Crippen molar-refractivity contribution < 1.29 is 0 Å². The van der Waals surface area contributed by atoms with E-state index in [9.17, 15) is 5.26 Å². The highest BCUT2D eigenvalue weighted by Gasteiger charge is 2.31. The van der Waals surface area contributed by atoms with Crippen molar-refractivity contribution in [2.24, 2.45) is 0 Å². The van der Waals surface area contributed by atoms with Crippen LogP contribution < -0.4 is 0 Å². The topological polar surface area (TPSA) is 50.8 Å². The Kier molecular flexibility index (Phi) is 7.20. The Morgan fingerprint density at radius 1 is 0.920 bits per heavy atom. The molecule has 0 aromatic heterocycles. The molecular weight excluding hydrogens is 306 g/mol. The molecule has 0 N–H and O–H groups in total. The van der Waals surface area contributed by atoms with E-state index in [0.29, 0.717) is 12.8 Å². The highest BCUT2D eigenvalue weighted by atomic mass is 15.1. The number of rotatable bonds is 9. The van der Waals surface area contributed by atoms with Crippen molar-refractivity contribution in [3.63, 3.8) is 0 Å². The van der Waals surface area contributed by atoms with E-state index in [-0.39, 0.29) is 0 Å². The van der Waals surface area contributed by atoms with Gasteiger partial charge in [0.15, 0.2) is 0 Å². The maximum atomic E-state index is 9.88. The third-order valence-corrected chi connectivity index (χ3v) is 4.64. The second kappa shape index (κ2) is 9.62. The molecule has 0 aliphatic heterocycles. The minimum atomic E-state index is -0.565. The molecule has 0 saturated heterocycles. The third-order valence-electron chi connectivity index (χ3n) is 4.64. The molecule has 0 amide bonds. The van der Waals surface area contributed by atoms with Gasteiger partial charge in [-0.1, -0.05) is 60.7 Å². The Bertz CT molecular complexity index is 712. The summed E-state index contributed by atoms with van der Waals surface area (Å²) in [6.45, 7) is 1.83. The molecule has 0 aliphatic carbocycles. The monoisotopic (exact) mass is 331 g/mol. The van der Waals surface area contributed by atoms with Crippen molar-refractivity contribution in [1.29, 1.82) is 10.5 Å². The molecule has 0 spiro atoms. The van der Waals surface area contributed by atoms with Crippen LogP contribution in [0, 0.1) is 22.7 Å². The van der Waals surface area contributed by atoms with Gasteiger partial charge in [0.25, 0.3) is 0 Å². The fourth-order valence-corrected chi connectivity index (χ4v) is 3.24. The Morgan fingerprint density at radius 3 is 2.16 bits per heavy atom. The van der Waals surface area contributed by atoms with Crippen LogP contribution in [0.25, 0.3) is 0 Å². The van der Waals surface area contributed by atoms with Gasteiger partial charge in [-0.3, -0.25) is 0 Å². The van der Waals surface area contributed by atoms with E-state index < -0.39 is 5.41 Å². The van der Waals surface area contributed by atoms with E-state index in [1.165, 1.54) is 5.56 Å². The second-order valence-corrected chi connectivity index (χ2v) is 6.54. The Balaban J connectivity index is 1.98. The predicted octanol–water partition coefficient (Wildman–Crippen LogP) is 4.66. The van der Waals surface area contributed by atoms with E-state index >= 15 is 0 Å². The summed E-state index contributed by atoms with van der Waals surface area (Å²) in [7, 11) is 2.11. The first kappa shape index (κ1) is 18.7. The van der Waals surface area contributed by atoms with Gasteiger partial charge in [-0.2, -0.15) is 10.5 Å². The van der Waals surface area contributed by atoms with Crippen molar-refractivity contribution in [2.75, 3.05) is 13.6 Å². The van der Waals surface area contributed by atoms with E-state index in [0.717, 1.165) is 31.5 Å². The molecule has 0 radical (unpaired) electrons. The van der Waals surface area contributed by atoms with Gasteiger partial charge in [0.2, 0.25) is 0 Å². The minimum absolute atomic E-state index is 0.405. The summed E-state index contributed by atoms with van der Waals surface area (Å²) in [6, 6.07) is 25.0. The summed E-state index contributed by atoms with van der Waals surface area (Å²) in [6.07, 6.45) is 2.69. The van der Waals surface area contributed by atoms with E-state index in [4.69, 9.17) is 5.26 Å². The zero-order valence-electron chi connectivity index (χ0n) is 14.9. The normalized spacial score (nSPS) is 13.0. The first-order valence-electron chi connectivity index (χ1n) is 8.76. The van der Waals surface area contributed by atoms with E-state index in [1.54, 1.807) is 0 Å². The van der Waals surface area contributed by atoms with Crippen molar-refractivity contribution in [3.05, 3.63) is 71.8 Å². The maximum Gasteiger partial charge on any atom is 0.0832 e. The Hall–Kier alpha value is -2.62. The quantitative estimate of drug-likeness (QED) is 0.671. The lowest BCUT2D eigenvalue weighted by Gasteiger charge is -2.27. The van der Waals surface area contributed by atoms with Crippen LogP contribution in [0.3, 0.4) is 0 Å². The average Bonchev–Trinajstić information content (AvgIpc) is 2.66. The molecule has 2 aromatic carbocycles. The van der Waals surface area contributed by atoms with Crippen LogP contribution in [0.15, 0.2) is 60.7 Å². The van der Waals surface area contributed by atoms with Crippen molar-refractivity contribution in [3.8, 4) is 12.1 Å². The van der Waals surface area contributed by atoms with Crippen LogP contribution in [-0.2, 0) is 12.0 Å². The molecule has 2 aromatic rings. The van der Waals surface area contributed by atoms with Crippen LogP contribution in [0.4, 0.5) is 0 Å². The molecule has 128 valence electrons. The smallest absolute Gasteiger partial charge is 0.0832 e. The third kappa shape index (κ3) is 5.45. The number of nitriles is 2. The zero-order chi connectivity index (χ0) is 18.0. The van der Waals surface area contributed by atoms with E-state index in [2.05, 4.69) is 48.4 Å². The average molecular weight is 331 g/mol. The molecule has 0 saturated carbocycles. The summed E-state index contributed by atoms with van der Waals surface area (Å²) in [5, 5.41) is 18.9. The lowest BCUT2D eigenvalue weighted by Crippen LogP contribution is -2.27. The van der Waals surface area contributed by atoms with Gasteiger partial charge in [0, 0.05) is 13.0 Å². The van der Waals surface area contributed by atoms with Crippen LogP contribution in [-0.4, -0.2) is 18.5 Å². The zero-order valence-corrected chi connectivity index (χ0v) is 14.9. The van der Waals surface area contributed by atoms with Crippen LogP contribution in [0.2, 0.25) is 0 Å². The summed E-state index contributed by atoms with van der Waals surface area (Å²) in [5.41, 5.74) is 1.76. The van der Waals surface area contributed by atoms with Gasteiger partial charge in [-0.15, -0.1) is 0 Å². The largest absolute Gasteiger partial charge is 0.302 e. The number of hydrogen-bond donors (Lipinski definition) is 0. The van der Waals surface area contributed by atoms with Crippen molar-refractivity contribution in [1.82, 2.24) is 4.90 Å². The van der Waals surface area contributed by atoms with Gasteiger partial charge in [-0.05, 0) is 44.0 Å². The molecule has 2 rings (SSSR count). The minimum Gasteiger partial charge on any atom is -0.302 e. The molecule has 0 unspecified atom stereocenters. The SMILES string of the molecule is CN(CCC[C@@](C#N)(CCC#N)c1ccccc1)Cc1ccccc1. The van der Waals surface area contributed by atoms with Crippen LogP contribution in [0.5, 0.6) is 0 Å². The highest BCUT2D eigenvalue weighted by molar-refractivity contribution is 5.32. The molecule has 0 aliphatic rings. The lowest BCUT2D eigenvalue weighted by molar-refractivity contribution is 0.303. The van der Waals surface area contributed by atoms with Crippen molar-refractivity contribution >= 4 is 0 Å². The number of benzene rings is 2. The summed E-state index contributed by atoms with van der Waals surface area (Å²) in [5.74, 6) is 0. The van der Waals surface area contributed by atoms with E-state index in [1.807, 2.05) is 36.4 Å². The molecule has 0 heterocycles. The number of hydrogen-bond acceptors (Lipinski definition) is 3. The van der Waals surface area contributed by atoms with Gasteiger partial charge >= 0.3 is 0 Å². The van der Waals surface area contributed by atoms with Gasteiger partial charge in [0.05, 0.1) is 17.6 Å². The Labute approximate surface area is 151 Å². The van der Waals surface area contributed by atoms with Crippen LogP contribution >= 0.6 is 0 Å². The lowest BCUT2D eigenvalue weighted by atomic mass is 9.74. The fourth-order valence-electron chi connectivity index (χ4n) is 3.24. The van der Waals surface area contributed by atoms with Gasteiger partial charge < -0.3 is 4.90 Å². The first-order chi connectivity index (χ1) is 12.2. The predicted molar refractivity (Wildman–Crippen MR) is 101 cm³/mol. The molecule has 0 bridgehead atoms. The molecular formula is C22H25N3. The molecule has 1 atom stereocenters. The standard InChI is InChI=1S/C22H25N3/c1-25(18-20-10-4-2-5-11-20)17-9-15-22(19-24,14-8-16-23)21-12-6-3-7-13-21/h2-7,10-13H,8-9,14-15,17-18H2,1H3/t22-/m1/s1. The summed E-state index contributed by atoms with van der Waals surface area (Å²) < 4.78 is 0. The molecule has 25 heavy (non-hydrogen) atoms. The van der Waals surface area contributed by atoms with Crippen molar-refractivity contribution in [2.45, 2.75) is 37.6 Å². The number of nitrogens with zero attached hydrogens (tertiary/aromatic N) is 3. The summed E-state index contributed by atoms with van der Waals surface area (Å²) >= 11 is 0.